The van der Waals surface area contributed by atoms with Gasteiger partial charge in [0.15, 0.2) is 0 Å². The smallest absolute Gasteiger partial charge is 0.316 e. The second-order valence-corrected chi connectivity index (χ2v) is 11.0. The van der Waals surface area contributed by atoms with E-state index in [9.17, 15) is 19.2 Å². The largest absolute Gasteiger partial charge is 0.426 e. The van der Waals surface area contributed by atoms with E-state index in [1.165, 1.54) is 4.90 Å². The van der Waals surface area contributed by atoms with Gasteiger partial charge in [-0.15, -0.1) is 0 Å². The molecule has 36 heavy (non-hydrogen) atoms. The summed E-state index contributed by atoms with van der Waals surface area (Å²) in [6.45, 7) is 3.87. The lowest BCUT2D eigenvalue weighted by molar-refractivity contribution is -0.139. The number of hydrogen-bond acceptors (Lipinski definition) is 5. The predicted molar refractivity (Wildman–Crippen MR) is 134 cm³/mol. The van der Waals surface area contributed by atoms with Crippen LogP contribution in [0.25, 0.3) is 0 Å². The Labute approximate surface area is 214 Å². The van der Waals surface area contributed by atoms with Crippen LogP contribution in [0.15, 0.2) is 36.4 Å². The Hall–Kier alpha value is -3.19. The first-order valence-electron chi connectivity index (χ1n) is 12.5. The molecule has 2 saturated carbocycles. The molecule has 2 saturated heterocycles. The van der Waals surface area contributed by atoms with Crippen LogP contribution in [-0.4, -0.2) is 30.2 Å². The lowest BCUT2D eigenvalue weighted by Crippen LogP contribution is -2.33. The van der Waals surface area contributed by atoms with Gasteiger partial charge in [-0.25, -0.2) is 4.90 Å². The topological polar surface area (TPSA) is 84.0 Å². The molecule has 0 radical (unpaired) electrons. The summed E-state index contributed by atoms with van der Waals surface area (Å²) in [5.74, 6) is -0.817. The molecular formula is C28H27ClN2O5. The van der Waals surface area contributed by atoms with Gasteiger partial charge in [0.05, 0.1) is 23.4 Å². The Kier molecular flexibility index (Phi) is 5.45. The van der Waals surface area contributed by atoms with Crippen molar-refractivity contribution in [1.82, 2.24) is 0 Å². The number of amides is 3. The molecule has 0 spiro atoms. The normalized spacial score (nSPS) is 28.9. The van der Waals surface area contributed by atoms with Crippen molar-refractivity contribution in [3.63, 3.8) is 0 Å². The van der Waals surface area contributed by atoms with E-state index in [0.717, 1.165) is 24.8 Å². The fourth-order valence-corrected chi connectivity index (χ4v) is 6.94. The number of fused-ring (bicyclic) bond motifs is 5. The number of carbonyl (C=O) groups excluding carboxylic acids is 4. The molecule has 4 fully saturated rings. The van der Waals surface area contributed by atoms with Crippen molar-refractivity contribution in [2.24, 2.45) is 29.6 Å². The van der Waals surface area contributed by atoms with Crippen molar-refractivity contribution in [3.8, 4) is 5.75 Å². The van der Waals surface area contributed by atoms with Gasteiger partial charge < -0.3 is 9.64 Å². The third-order valence-corrected chi connectivity index (χ3v) is 8.95. The number of anilines is 2. The lowest BCUT2D eigenvalue weighted by atomic mass is 9.81. The van der Waals surface area contributed by atoms with E-state index in [1.54, 1.807) is 42.2 Å². The van der Waals surface area contributed by atoms with Crippen molar-refractivity contribution in [3.05, 3.63) is 52.5 Å². The van der Waals surface area contributed by atoms with Crippen LogP contribution in [0, 0.1) is 43.4 Å². The van der Waals surface area contributed by atoms with Gasteiger partial charge in [0.1, 0.15) is 5.75 Å². The molecule has 3 amide bonds. The number of halogens is 1. The molecule has 186 valence electrons. The van der Waals surface area contributed by atoms with Gasteiger partial charge in [-0.3, -0.25) is 19.2 Å². The summed E-state index contributed by atoms with van der Waals surface area (Å²) in [7, 11) is 0. The summed E-state index contributed by atoms with van der Waals surface area (Å²) in [6.07, 6.45) is 3.12. The van der Waals surface area contributed by atoms with Crippen LogP contribution >= 0.6 is 11.6 Å². The molecule has 5 atom stereocenters. The molecule has 2 aromatic rings. The average molecular weight is 507 g/mol. The number of hydrogen-bond donors (Lipinski definition) is 0. The van der Waals surface area contributed by atoms with Gasteiger partial charge in [0.25, 0.3) is 0 Å². The molecule has 7 nitrogen and oxygen atoms in total. The zero-order chi connectivity index (χ0) is 25.3. The minimum absolute atomic E-state index is 0.0593. The SMILES string of the molecule is Cc1cc(OC(=O)[C@@H]2CC(=O)N(c3cccc(Cl)c3C)C2)ccc1N1C(=O)[C@@H]2[C@H]3CC[C@@H](C3)[C@@H]2C1=O. The molecule has 4 aliphatic rings. The second kappa shape index (κ2) is 8.44. The van der Waals surface area contributed by atoms with Crippen LogP contribution in [0.1, 0.15) is 36.8 Å². The zero-order valence-electron chi connectivity index (χ0n) is 20.2. The highest BCUT2D eigenvalue weighted by Gasteiger charge is 2.61. The van der Waals surface area contributed by atoms with E-state index < -0.39 is 11.9 Å². The van der Waals surface area contributed by atoms with Gasteiger partial charge in [0, 0.05) is 23.7 Å². The number of rotatable bonds is 4. The summed E-state index contributed by atoms with van der Waals surface area (Å²) in [4.78, 5) is 54.8. The quantitative estimate of drug-likeness (QED) is 0.347. The molecule has 2 heterocycles. The van der Waals surface area contributed by atoms with Gasteiger partial charge in [-0.2, -0.15) is 0 Å². The van der Waals surface area contributed by atoms with E-state index in [0.29, 0.717) is 39.5 Å². The van der Waals surface area contributed by atoms with Crippen LogP contribution in [0.5, 0.6) is 5.75 Å². The molecule has 2 bridgehead atoms. The number of carbonyl (C=O) groups is 4. The molecule has 6 rings (SSSR count). The van der Waals surface area contributed by atoms with Gasteiger partial charge in [-0.1, -0.05) is 17.7 Å². The Morgan fingerprint density at radius 2 is 1.67 bits per heavy atom. The van der Waals surface area contributed by atoms with Crippen LogP contribution in [-0.2, 0) is 19.2 Å². The minimum atomic E-state index is -0.604. The fraction of sp³-hybridized carbons (Fsp3) is 0.429. The zero-order valence-corrected chi connectivity index (χ0v) is 21.0. The summed E-state index contributed by atoms with van der Waals surface area (Å²) < 4.78 is 5.62. The van der Waals surface area contributed by atoms with Crippen LogP contribution in [0.4, 0.5) is 11.4 Å². The Morgan fingerprint density at radius 1 is 0.972 bits per heavy atom. The molecule has 8 heteroatoms. The van der Waals surface area contributed by atoms with Crippen molar-refractivity contribution < 1.29 is 23.9 Å². The standard InChI is InChI=1S/C28H27ClN2O5/c1-14-10-19(8-9-21(14)31-26(33)24-16-6-7-17(11-16)25(24)27(31)34)36-28(35)18-12-23(32)30(13-18)22-5-3-4-20(29)15(22)2/h3-5,8-10,16-18,24-25H,6-7,11-13H2,1-2H3/t16-,17-,18+,24-,25+/m0/s1. The highest BCUT2D eigenvalue weighted by molar-refractivity contribution is 6.31. The van der Waals surface area contributed by atoms with Crippen molar-refractivity contribution >= 4 is 46.7 Å². The fourth-order valence-electron chi connectivity index (χ4n) is 6.77. The second-order valence-electron chi connectivity index (χ2n) is 10.6. The summed E-state index contributed by atoms with van der Waals surface area (Å²) >= 11 is 6.21. The van der Waals surface area contributed by atoms with Crippen molar-refractivity contribution in [1.29, 1.82) is 0 Å². The highest BCUT2D eigenvalue weighted by atomic mass is 35.5. The van der Waals surface area contributed by atoms with E-state index in [-0.39, 0.29) is 42.5 Å². The summed E-state index contributed by atoms with van der Waals surface area (Å²) in [5.41, 5.74) is 2.72. The molecule has 2 aromatic carbocycles. The lowest BCUT2D eigenvalue weighted by Gasteiger charge is -2.20. The third-order valence-electron chi connectivity index (χ3n) is 8.54. The maximum Gasteiger partial charge on any atom is 0.316 e. The number of aryl methyl sites for hydroxylation is 1. The monoisotopic (exact) mass is 506 g/mol. The van der Waals surface area contributed by atoms with Gasteiger partial charge in [-0.05, 0) is 86.4 Å². The Morgan fingerprint density at radius 3 is 2.33 bits per heavy atom. The number of benzene rings is 2. The van der Waals surface area contributed by atoms with Gasteiger partial charge >= 0.3 is 5.97 Å². The molecule has 0 N–H and O–H groups in total. The first-order chi connectivity index (χ1) is 17.2. The highest BCUT2D eigenvalue weighted by Crippen LogP contribution is 2.56. The van der Waals surface area contributed by atoms with Crippen molar-refractivity contribution in [2.45, 2.75) is 39.5 Å². The number of imide groups is 1. The Balaban J connectivity index is 1.16. The molecule has 2 aliphatic carbocycles. The van der Waals surface area contributed by atoms with E-state index >= 15 is 0 Å². The van der Waals surface area contributed by atoms with E-state index in [1.807, 2.05) is 13.0 Å². The van der Waals surface area contributed by atoms with Gasteiger partial charge in [0.2, 0.25) is 17.7 Å². The average Bonchev–Trinajstić information content (AvgIpc) is 3.60. The van der Waals surface area contributed by atoms with Crippen LogP contribution < -0.4 is 14.5 Å². The number of esters is 1. The Bertz CT molecular complexity index is 1300. The van der Waals surface area contributed by atoms with Crippen molar-refractivity contribution in [2.75, 3.05) is 16.3 Å². The summed E-state index contributed by atoms with van der Waals surface area (Å²) in [5, 5.41) is 0.563. The maximum absolute atomic E-state index is 13.2. The van der Waals surface area contributed by atoms with E-state index in [4.69, 9.17) is 16.3 Å². The molecular weight excluding hydrogens is 480 g/mol. The molecule has 0 unspecified atom stereocenters. The predicted octanol–water partition coefficient (Wildman–Crippen LogP) is 4.45. The van der Waals surface area contributed by atoms with Crippen LogP contribution in [0.2, 0.25) is 5.02 Å². The maximum atomic E-state index is 13.2. The number of ether oxygens (including phenoxy) is 1. The third kappa shape index (κ3) is 3.47. The minimum Gasteiger partial charge on any atom is -0.426 e. The first kappa shape index (κ1) is 23.2. The number of nitrogens with zero attached hydrogens (tertiary/aromatic N) is 2. The molecule has 2 aliphatic heterocycles. The van der Waals surface area contributed by atoms with Crippen LogP contribution in [0.3, 0.4) is 0 Å². The summed E-state index contributed by atoms with van der Waals surface area (Å²) in [6, 6.07) is 10.3. The van der Waals surface area contributed by atoms with E-state index in [2.05, 4.69) is 0 Å². The molecule has 0 aromatic heterocycles. The first-order valence-corrected chi connectivity index (χ1v) is 12.9.